The molecular formula is C14H16BrN3S. The molecule has 100 valence electrons. The molecule has 2 N–H and O–H groups in total. The summed E-state index contributed by atoms with van der Waals surface area (Å²) in [5.41, 5.74) is 8.33. The molecule has 5 heteroatoms. The van der Waals surface area contributed by atoms with Crippen LogP contribution in [-0.2, 0) is 13.1 Å². The smallest absolute Gasteiger partial charge is 0.133 e. The molecule has 0 radical (unpaired) electrons. The fourth-order valence-electron chi connectivity index (χ4n) is 2.23. The lowest BCUT2D eigenvalue weighted by Gasteiger charge is -2.25. The predicted molar refractivity (Wildman–Crippen MR) is 83.4 cm³/mol. The molecule has 0 unspecified atom stereocenters. The molecule has 3 nitrogen and oxygen atoms in total. The van der Waals surface area contributed by atoms with Crippen LogP contribution in [0.15, 0.2) is 33.6 Å². The largest absolute Gasteiger partial charge is 0.349 e. The highest BCUT2D eigenvalue weighted by Gasteiger charge is 2.31. The van der Waals surface area contributed by atoms with E-state index in [1.54, 1.807) is 11.3 Å². The fourth-order valence-corrected chi connectivity index (χ4v) is 3.26. The van der Waals surface area contributed by atoms with Gasteiger partial charge in [0.2, 0.25) is 0 Å². The predicted octanol–water partition coefficient (Wildman–Crippen LogP) is 3.53. The van der Waals surface area contributed by atoms with Gasteiger partial charge >= 0.3 is 0 Å². The molecule has 2 aromatic heterocycles. The van der Waals surface area contributed by atoms with E-state index in [9.17, 15) is 0 Å². The molecule has 0 atom stereocenters. The number of thiophene rings is 1. The Hall–Kier alpha value is -0.910. The minimum Gasteiger partial charge on any atom is -0.349 e. The number of nitrogens with zero attached hydrogens (tertiary/aromatic N) is 2. The van der Waals surface area contributed by atoms with Crippen molar-refractivity contribution < 1.29 is 0 Å². The summed E-state index contributed by atoms with van der Waals surface area (Å²) < 4.78 is 0.989. The molecule has 1 aliphatic rings. The molecule has 19 heavy (non-hydrogen) atoms. The third kappa shape index (κ3) is 2.99. The van der Waals surface area contributed by atoms with Gasteiger partial charge in [-0.3, -0.25) is 0 Å². The molecule has 0 saturated heterocycles. The third-order valence-corrected chi connectivity index (χ3v) is 4.49. The molecule has 0 aliphatic heterocycles. The van der Waals surface area contributed by atoms with Crippen LogP contribution in [0.2, 0.25) is 0 Å². The van der Waals surface area contributed by atoms with Crippen molar-refractivity contribution in [2.45, 2.75) is 32.0 Å². The van der Waals surface area contributed by atoms with Crippen LogP contribution in [0.4, 0.5) is 5.82 Å². The highest BCUT2D eigenvalue weighted by Crippen LogP contribution is 2.34. The lowest BCUT2D eigenvalue weighted by Crippen LogP contribution is -2.27. The SMILES string of the molecule is NCc1cc(Br)cnc1N(Cc1ccsc1)C1CC1. The summed E-state index contributed by atoms with van der Waals surface area (Å²) >= 11 is 5.21. The Morgan fingerprint density at radius 1 is 1.47 bits per heavy atom. The van der Waals surface area contributed by atoms with E-state index in [1.807, 2.05) is 6.20 Å². The summed E-state index contributed by atoms with van der Waals surface area (Å²) in [6.45, 7) is 1.45. The van der Waals surface area contributed by atoms with E-state index in [0.717, 1.165) is 22.4 Å². The second kappa shape index (κ2) is 5.61. The van der Waals surface area contributed by atoms with E-state index >= 15 is 0 Å². The zero-order chi connectivity index (χ0) is 13.2. The van der Waals surface area contributed by atoms with Gasteiger partial charge in [0, 0.05) is 35.4 Å². The van der Waals surface area contributed by atoms with Crippen molar-refractivity contribution in [1.29, 1.82) is 0 Å². The molecule has 2 heterocycles. The van der Waals surface area contributed by atoms with Crippen LogP contribution in [0.5, 0.6) is 0 Å². The summed E-state index contributed by atoms with van der Waals surface area (Å²) in [6.07, 6.45) is 4.37. The van der Waals surface area contributed by atoms with Crippen molar-refractivity contribution >= 4 is 33.1 Å². The van der Waals surface area contributed by atoms with Crippen LogP contribution >= 0.6 is 27.3 Å². The molecule has 1 saturated carbocycles. The number of halogens is 1. The first kappa shape index (κ1) is 13.1. The normalized spacial score (nSPS) is 14.6. The van der Waals surface area contributed by atoms with Crippen molar-refractivity contribution in [2.75, 3.05) is 4.90 Å². The Kier molecular flexibility index (Phi) is 3.86. The van der Waals surface area contributed by atoms with E-state index in [0.29, 0.717) is 12.6 Å². The van der Waals surface area contributed by atoms with Gasteiger partial charge in [-0.25, -0.2) is 4.98 Å². The van der Waals surface area contributed by atoms with Crippen LogP contribution in [0.3, 0.4) is 0 Å². The van der Waals surface area contributed by atoms with Gasteiger partial charge in [0.25, 0.3) is 0 Å². The first-order chi connectivity index (χ1) is 9.28. The highest BCUT2D eigenvalue weighted by molar-refractivity contribution is 9.10. The molecule has 0 bridgehead atoms. The van der Waals surface area contributed by atoms with Crippen LogP contribution in [0, 0.1) is 0 Å². The second-order valence-corrected chi connectivity index (χ2v) is 6.53. The second-order valence-electron chi connectivity index (χ2n) is 4.83. The van der Waals surface area contributed by atoms with Crippen molar-refractivity contribution in [2.24, 2.45) is 5.73 Å². The maximum Gasteiger partial charge on any atom is 0.133 e. The minimum absolute atomic E-state index is 0.522. The number of rotatable bonds is 5. The average molecular weight is 338 g/mol. The fraction of sp³-hybridized carbons (Fsp3) is 0.357. The van der Waals surface area contributed by atoms with Crippen LogP contribution < -0.4 is 10.6 Å². The maximum absolute atomic E-state index is 5.87. The Bertz CT molecular complexity index is 552. The van der Waals surface area contributed by atoms with Gasteiger partial charge in [-0.05, 0) is 57.2 Å². The zero-order valence-electron chi connectivity index (χ0n) is 10.6. The summed E-state index contributed by atoms with van der Waals surface area (Å²) in [6, 6.07) is 4.88. The van der Waals surface area contributed by atoms with E-state index in [2.05, 4.69) is 48.7 Å². The number of hydrogen-bond donors (Lipinski definition) is 1. The van der Waals surface area contributed by atoms with Crippen molar-refractivity contribution in [1.82, 2.24) is 4.98 Å². The van der Waals surface area contributed by atoms with Crippen LogP contribution in [0.25, 0.3) is 0 Å². The number of anilines is 1. The number of pyridine rings is 1. The summed E-state index contributed by atoms with van der Waals surface area (Å²) in [5, 5.41) is 4.33. The monoisotopic (exact) mass is 337 g/mol. The summed E-state index contributed by atoms with van der Waals surface area (Å²) in [7, 11) is 0. The molecule has 1 aliphatic carbocycles. The lowest BCUT2D eigenvalue weighted by molar-refractivity contribution is 0.769. The van der Waals surface area contributed by atoms with Gasteiger partial charge in [0.15, 0.2) is 0 Å². The lowest BCUT2D eigenvalue weighted by atomic mass is 10.2. The summed E-state index contributed by atoms with van der Waals surface area (Å²) in [5.74, 6) is 1.04. The molecular weight excluding hydrogens is 322 g/mol. The highest BCUT2D eigenvalue weighted by atomic mass is 79.9. The summed E-state index contributed by atoms with van der Waals surface area (Å²) in [4.78, 5) is 6.99. The van der Waals surface area contributed by atoms with Gasteiger partial charge < -0.3 is 10.6 Å². The van der Waals surface area contributed by atoms with Crippen LogP contribution in [-0.4, -0.2) is 11.0 Å². The van der Waals surface area contributed by atoms with Gasteiger partial charge in [0.05, 0.1) is 0 Å². The number of hydrogen-bond acceptors (Lipinski definition) is 4. The first-order valence-electron chi connectivity index (χ1n) is 6.40. The van der Waals surface area contributed by atoms with Crippen LogP contribution in [0.1, 0.15) is 24.0 Å². The molecule has 2 aromatic rings. The van der Waals surface area contributed by atoms with E-state index in [-0.39, 0.29) is 0 Å². The molecule has 0 amide bonds. The molecule has 3 rings (SSSR count). The Labute approximate surface area is 125 Å². The van der Waals surface area contributed by atoms with Crippen molar-refractivity contribution in [3.8, 4) is 0 Å². The van der Waals surface area contributed by atoms with E-state index in [1.165, 1.54) is 18.4 Å². The quantitative estimate of drug-likeness (QED) is 0.907. The average Bonchev–Trinajstić information content (AvgIpc) is 3.13. The van der Waals surface area contributed by atoms with Crippen molar-refractivity contribution in [3.05, 3.63) is 44.7 Å². The Morgan fingerprint density at radius 2 is 2.32 bits per heavy atom. The standard InChI is InChI=1S/C14H16BrN3S/c15-12-5-11(6-16)14(17-7-12)18(13-1-2-13)8-10-3-4-19-9-10/h3-5,7,9,13H,1-2,6,8,16H2. The van der Waals surface area contributed by atoms with Crippen molar-refractivity contribution in [3.63, 3.8) is 0 Å². The van der Waals surface area contributed by atoms with Gasteiger partial charge in [-0.15, -0.1) is 0 Å². The molecule has 1 fully saturated rings. The minimum atomic E-state index is 0.522. The van der Waals surface area contributed by atoms with Gasteiger partial charge in [0.1, 0.15) is 5.82 Å². The van der Waals surface area contributed by atoms with E-state index in [4.69, 9.17) is 5.73 Å². The number of nitrogens with two attached hydrogens (primary N) is 1. The van der Waals surface area contributed by atoms with Gasteiger partial charge in [-0.1, -0.05) is 0 Å². The molecule has 0 spiro atoms. The van der Waals surface area contributed by atoms with E-state index < -0.39 is 0 Å². The first-order valence-corrected chi connectivity index (χ1v) is 8.13. The Morgan fingerprint density at radius 3 is 2.95 bits per heavy atom. The number of aromatic nitrogens is 1. The molecule has 0 aromatic carbocycles. The van der Waals surface area contributed by atoms with Gasteiger partial charge in [-0.2, -0.15) is 11.3 Å². The zero-order valence-corrected chi connectivity index (χ0v) is 13.0. The topological polar surface area (TPSA) is 42.1 Å². The maximum atomic E-state index is 5.87. The third-order valence-electron chi connectivity index (χ3n) is 3.32. The Balaban J connectivity index is 1.91.